The van der Waals surface area contributed by atoms with Crippen molar-refractivity contribution < 1.29 is 9.50 Å². The van der Waals surface area contributed by atoms with E-state index in [2.05, 4.69) is 0 Å². The van der Waals surface area contributed by atoms with Crippen LogP contribution in [0.2, 0.25) is 0 Å². The number of hydrogen-bond donors (Lipinski definition) is 1. The lowest BCUT2D eigenvalue weighted by Gasteiger charge is -2.04. The summed E-state index contributed by atoms with van der Waals surface area (Å²) in [6.45, 7) is -0.226. The molecular formula is C9H10FO. The van der Waals surface area contributed by atoms with E-state index >= 15 is 0 Å². The molecule has 0 aliphatic carbocycles. The van der Waals surface area contributed by atoms with Crippen molar-refractivity contribution in [1.29, 1.82) is 0 Å². The zero-order valence-electron chi connectivity index (χ0n) is 6.07. The quantitative estimate of drug-likeness (QED) is 0.703. The van der Waals surface area contributed by atoms with Crippen LogP contribution in [-0.4, -0.2) is 11.7 Å². The Bertz CT molecular complexity index is 198. The maximum absolute atomic E-state index is 12.9. The van der Waals surface area contributed by atoms with Gasteiger partial charge in [0.15, 0.2) is 0 Å². The third-order valence-electron chi connectivity index (χ3n) is 1.43. The Morgan fingerprint density at radius 2 is 2.00 bits per heavy atom. The van der Waals surface area contributed by atoms with E-state index in [4.69, 9.17) is 5.11 Å². The molecule has 1 rings (SSSR count). The highest BCUT2D eigenvalue weighted by atomic mass is 19.1. The molecule has 0 bridgehead atoms. The first-order valence-electron chi connectivity index (χ1n) is 3.48. The molecule has 0 amide bonds. The first kappa shape index (κ1) is 8.21. The number of benzene rings is 1. The average Bonchev–Trinajstić information content (AvgIpc) is 2.07. The molecule has 1 N–H and O–H groups in total. The van der Waals surface area contributed by atoms with Crippen molar-refractivity contribution in [3.05, 3.63) is 42.3 Å². The van der Waals surface area contributed by atoms with E-state index in [1.165, 1.54) is 6.42 Å². The van der Waals surface area contributed by atoms with Crippen molar-refractivity contribution >= 4 is 0 Å². The molecule has 0 saturated heterocycles. The molecular weight excluding hydrogens is 143 g/mol. The van der Waals surface area contributed by atoms with Crippen molar-refractivity contribution in [2.24, 2.45) is 0 Å². The standard InChI is InChI=1S/C9H10FO/c10-9(6-7-11)8-4-2-1-3-5-8/h1-6,9,11H,7H2. The number of rotatable bonds is 3. The first-order chi connectivity index (χ1) is 5.34. The second kappa shape index (κ2) is 4.09. The normalized spacial score (nSPS) is 12.9. The van der Waals surface area contributed by atoms with E-state index in [0.717, 1.165) is 0 Å². The Hall–Kier alpha value is -0.890. The van der Waals surface area contributed by atoms with Crippen molar-refractivity contribution in [2.75, 3.05) is 6.61 Å². The zero-order valence-corrected chi connectivity index (χ0v) is 6.07. The zero-order chi connectivity index (χ0) is 8.10. The lowest BCUT2D eigenvalue weighted by atomic mass is 10.1. The van der Waals surface area contributed by atoms with Gasteiger partial charge in [-0.3, -0.25) is 0 Å². The summed E-state index contributed by atoms with van der Waals surface area (Å²) in [5, 5.41) is 8.40. The molecule has 0 spiro atoms. The molecule has 0 aliphatic heterocycles. The van der Waals surface area contributed by atoms with Crippen molar-refractivity contribution in [3.63, 3.8) is 0 Å². The van der Waals surface area contributed by atoms with Crippen LogP contribution in [0.3, 0.4) is 0 Å². The Morgan fingerprint density at radius 3 is 2.55 bits per heavy atom. The van der Waals surface area contributed by atoms with Gasteiger partial charge in [-0.05, 0) is 5.56 Å². The van der Waals surface area contributed by atoms with Gasteiger partial charge in [0.1, 0.15) is 6.17 Å². The first-order valence-corrected chi connectivity index (χ1v) is 3.48. The fourth-order valence-electron chi connectivity index (χ4n) is 0.866. The van der Waals surface area contributed by atoms with Gasteiger partial charge in [0.25, 0.3) is 0 Å². The van der Waals surface area contributed by atoms with Gasteiger partial charge in [-0.15, -0.1) is 0 Å². The lowest BCUT2D eigenvalue weighted by Crippen LogP contribution is -1.95. The summed E-state index contributed by atoms with van der Waals surface area (Å²) < 4.78 is 12.9. The highest BCUT2D eigenvalue weighted by molar-refractivity contribution is 5.19. The molecule has 0 aliphatic rings. The van der Waals surface area contributed by atoms with E-state index in [-0.39, 0.29) is 6.61 Å². The summed E-state index contributed by atoms with van der Waals surface area (Å²) in [5.41, 5.74) is 0.585. The van der Waals surface area contributed by atoms with Gasteiger partial charge >= 0.3 is 0 Å². The molecule has 1 aromatic rings. The Labute approximate surface area is 65.5 Å². The molecule has 2 heteroatoms. The number of aliphatic hydroxyl groups excluding tert-OH is 1. The summed E-state index contributed by atoms with van der Waals surface area (Å²) in [7, 11) is 0. The molecule has 0 saturated carbocycles. The molecule has 1 atom stereocenters. The Kier molecular flexibility index (Phi) is 3.05. The maximum atomic E-state index is 12.9. The number of aliphatic hydroxyl groups is 1. The van der Waals surface area contributed by atoms with Gasteiger partial charge in [0.2, 0.25) is 0 Å². The van der Waals surface area contributed by atoms with E-state index < -0.39 is 6.17 Å². The minimum atomic E-state index is -1.15. The van der Waals surface area contributed by atoms with Crippen LogP contribution in [0.25, 0.3) is 0 Å². The molecule has 1 unspecified atom stereocenters. The molecule has 59 valence electrons. The van der Waals surface area contributed by atoms with E-state index in [1.54, 1.807) is 24.3 Å². The molecule has 0 fully saturated rings. The predicted octanol–water partition coefficient (Wildman–Crippen LogP) is 1.89. The predicted molar refractivity (Wildman–Crippen MR) is 41.7 cm³/mol. The second-order valence-corrected chi connectivity index (χ2v) is 2.23. The number of halogens is 1. The van der Waals surface area contributed by atoms with Crippen molar-refractivity contribution in [2.45, 2.75) is 6.17 Å². The SMILES string of the molecule is OC[CH]C(F)c1ccccc1. The summed E-state index contributed by atoms with van der Waals surface area (Å²) in [6, 6.07) is 8.75. The third kappa shape index (κ3) is 2.31. The largest absolute Gasteiger partial charge is 0.396 e. The molecule has 1 radical (unpaired) electrons. The highest BCUT2D eigenvalue weighted by Crippen LogP contribution is 2.18. The summed E-state index contributed by atoms with van der Waals surface area (Å²) >= 11 is 0. The van der Waals surface area contributed by atoms with Gasteiger partial charge in [0.05, 0.1) is 0 Å². The molecule has 0 heterocycles. The van der Waals surface area contributed by atoms with Crippen molar-refractivity contribution in [1.82, 2.24) is 0 Å². The average molecular weight is 153 g/mol. The monoisotopic (exact) mass is 153 g/mol. The number of alkyl halides is 1. The van der Waals surface area contributed by atoms with Gasteiger partial charge in [-0.1, -0.05) is 30.3 Å². The lowest BCUT2D eigenvalue weighted by molar-refractivity contribution is 0.282. The molecule has 11 heavy (non-hydrogen) atoms. The Morgan fingerprint density at radius 1 is 1.36 bits per heavy atom. The second-order valence-electron chi connectivity index (χ2n) is 2.23. The topological polar surface area (TPSA) is 20.2 Å². The van der Waals surface area contributed by atoms with Gasteiger partial charge in [-0.25, -0.2) is 4.39 Å². The molecule has 1 nitrogen and oxygen atoms in total. The summed E-state index contributed by atoms with van der Waals surface area (Å²) in [6.07, 6.45) is 0.0659. The van der Waals surface area contributed by atoms with Crippen LogP contribution in [-0.2, 0) is 0 Å². The van der Waals surface area contributed by atoms with Gasteiger partial charge in [-0.2, -0.15) is 0 Å². The van der Waals surface area contributed by atoms with Crippen LogP contribution >= 0.6 is 0 Å². The van der Waals surface area contributed by atoms with Gasteiger partial charge in [0, 0.05) is 13.0 Å². The molecule has 0 aromatic heterocycles. The van der Waals surface area contributed by atoms with E-state index in [1.807, 2.05) is 6.07 Å². The van der Waals surface area contributed by atoms with Crippen LogP contribution in [0, 0.1) is 6.42 Å². The minimum absolute atomic E-state index is 0.226. The summed E-state index contributed by atoms with van der Waals surface area (Å²) in [5.74, 6) is 0. The fraction of sp³-hybridized carbons (Fsp3) is 0.222. The highest BCUT2D eigenvalue weighted by Gasteiger charge is 2.06. The van der Waals surface area contributed by atoms with E-state index in [0.29, 0.717) is 5.56 Å². The Balaban J connectivity index is 2.61. The van der Waals surface area contributed by atoms with Crippen molar-refractivity contribution in [3.8, 4) is 0 Å². The minimum Gasteiger partial charge on any atom is -0.396 e. The summed E-state index contributed by atoms with van der Waals surface area (Å²) in [4.78, 5) is 0. The number of hydrogen-bond acceptors (Lipinski definition) is 1. The smallest absolute Gasteiger partial charge is 0.131 e. The maximum Gasteiger partial charge on any atom is 0.131 e. The van der Waals surface area contributed by atoms with Crippen LogP contribution in [0.15, 0.2) is 30.3 Å². The van der Waals surface area contributed by atoms with Gasteiger partial charge < -0.3 is 5.11 Å². The van der Waals surface area contributed by atoms with Crippen LogP contribution < -0.4 is 0 Å². The van der Waals surface area contributed by atoms with E-state index in [9.17, 15) is 4.39 Å². The van der Waals surface area contributed by atoms with Crippen LogP contribution in [0.5, 0.6) is 0 Å². The third-order valence-corrected chi connectivity index (χ3v) is 1.43. The van der Waals surface area contributed by atoms with Crippen LogP contribution in [0.1, 0.15) is 11.7 Å². The fourth-order valence-corrected chi connectivity index (χ4v) is 0.866. The molecule has 1 aromatic carbocycles. The van der Waals surface area contributed by atoms with Crippen LogP contribution in [0.4, 0.5) is 4.39 Å².